The third kappa shape index (κ3) is 2.95. The first kappa shape index (κ1) is 9.86. The van der Waals surface area contributed by atoms with Crippen molar-refractivity contribution < 1.29 is 9.84 Å². The number of aliphatic hydroxyl groups excluding tert-OH is 1. The summed E-state index contributed by atoms with van der Waals surface area (Å²) in [5.41, 5.74) is 7.43. The highest BCUT2D eigenvalue weighted by atomic mass is 16.5. The maximum Gasteiger partial charge on any atom is 0.121 e. The minimum Gasteiger partial charge on any atom is -0.491 e. The van der Waals surface area contributed by atoms with Gasteiger partial charge in [-0.1, -0.05) is 6.07 Å². The molecule has 3 heteroatoms. The lowest BCUT2D eigenvalue weighted by Gasteiger charge is -2.09. The van der Waals surface area contributed by atoms with E-state index in [9.17, 15) is 0 Å². The summed E-state index contributed by atoms with van der Waals surface area (Å²) in [7, 11) is 0. The number of nitrogen functional groups attached to an aromatic ring is 1. The highest BCUT2D eigenvalue weighted by molar-refractivity contribution is 5.50. The summed E-state index contributed by atoms with van der Waals surface area (Å²) < 4.78 is 5.27. The van der Waals surface area contributed by atoms with Crippen LogP contribution in [0.25, 0.3) is 0 Å². The van der Waals surface area contributed by atoms with Gasteiger partial charge in [0.25, 0.3) is 0 Å². The van der Waals surface area contributed by atoms with Crippen LogP contribution in [0.15, 0.2) is 18.2 Å². The smallest absolute Gasteiger partial charge is 0.121 e. The second-order valence-corrected chi connectivity index (χ2v) is 3.18. The molecule has 0 heterocycles. The Morgan fingerprint density at radius 2 is 2.23 bits per heavy atom. The largest absolute Gasteiger partial charge is 0.491 e. The fourth-order valence-electron chi connectivity index (χ4n) is 0.925. The Balaban J connectivity index is 2.63. The van der Waals surface area contributed by atoms with E-state index in [2.05, 4.69) is 0 Å². The maximum atomic E-state index is 8.98. The van der Waals surface area contributed by atoms with E-state index in [-0.39, 0.29) is 0 Å². The Labute approximate surface area is 78.1 Å². The first-order valence-corrected chi connectivity index (χ1v) is 4.26. The molecule has 0 aromatic heterocycles. The first-order valence-electron chi connectivity index (χ1n) is 4.26. The minimum absolute atomic E-state index is 0.294. The molecule has 1 aromatic rings. The van der Waals surface area contributed by atoms with Gasteiger partial charge in [0.1, 0.15) is 12.4 Å². The Hall–Kier alpha value is -1.22. The van der Waals surface area contributed by atoms with Gasteiger partial charge >= 0.3 is 0 Å². The number of ether oxygens (including phenoxy) is 1. The molecule has 3 nitrogen and oxygen atoms in total. The van der Waals surface area contributed by atoms with Crippen LogP contribution >= 0.6 is 0 Å². The van der Waals surface area contributed by atoms with Crippen LogP contribution in [-0.4, -0.2) is 17.8 Å². The van der Waals surface area contributed by atoms with Crippen molar-refractivity contribution in [3.05, 3.63) is 23.8 Å². The molecule has 0 saturated heterocycles. The summed E-state index contributed by atoms with van der Waals surface area (Å²) >= 11 is 0. The van der Waals surface area contributed by atoms with E-state index in [1.807, 2.05) is 19.1 Å². The molecule has 0 fully saturated rings. The summed E-state index contributed by atoms with van der Waals surface area (Å²) in [5.74, 6) is 0.698. The van der Waals surface area contributed by atoms with Gasteiger partial charge in [0, 0.05) is 11.8 Å². The second-order valence-electron chi connectivity index (χ2n) is 3.18. The quantitative estimate of drug-likeness (QED) is 0.692. The van der Waals surface area contributed by atoms with Crippen molar-refractivity contribution in [2.24, 2.45) is 0 Å². The number of anilines is 1. The SMILES string of the molecule is Cc1ccc(OCC(C)O)cc1N. The fraction of sp³-hybridized carbons (Fsp3) is 0.400. The molecule has 1 atom stereocenters. The van der Waals surface area contributed by atoms with Crippen molar-refractivity contribution >= 4 is 5.69 Å². The summed E-state index contributed by atoms with van der Waals surface area (Å²) in [5, 5.41) is 8.98. The molecule has 0 radical (unpaired) electrons. The van der Waals surface area contributed by atoms with Crippen molar-refractivity contribution in [2.45, 2.75) is 20.0 Å². The third-order valence-electron chi connectivity index (χ3n) is 1.74. The normalized spacial score (nSPS) is 12.5. The van der Waals surface area contributed by atoms with Crippen LogP contribution in [0.4, 0.5) is 5.69 Å². The minimum atomic E-state index is -0.456. The van der Waals surface area contributed by atoms with Crippen LogP contribution in [-0.2, 0) is 0 Å². The van der Waals surface area contributed by atoms with Crippen LogP contribution in [0.3, 0.4) is 0 Å². The van der Waals surface area contributed by atoms with Gasteiger partial charge in [-0.3, -0.25) is 0 Å². The average molecular weight is 181 g/mol. The van der Waals surface area contributed by atoms with Crippen LogP contribution in [0.1, 0.15) is 12.5 Å². The van der Waals surface area contributed by atoms with E-state index < -0.39 is 6.10 Å². The standard InChI is InChI=1S/C10H15NO2/c1-7-3-4-9(5-10(7)11)13-6-8(2)12/h3-5,8,12H,6,11H2,1-2H3. The molecule has 0 saturated carbocycles. The van der Waals surface area contributed by atoms with E-state index in [1.54, 1.807) is 13.0 Å². The van der Waals surface area contributed by atoms with E-state index in [0.29, 0.717) is 18.0 Å². The van der Waals surface area contributed by atoms with E-state index in [0.717, 1.165) is 5.56 Å². The monoisotopic (exact) mass is 181 g/mol. The molecular weight excluding hydrogens is 166 g/mol. The molecule has 3 N–H and O–H groups in total. The van der Waals surface area contributed by atoms with Crippen LogP contribution in [0.2, 0.25) is 0 Å². The molecule has 0 bridgehead atoms. The molecule has 0 aliphatic carbocycles. The summed E-state index contributed by atoms with van der Waals surface area (Å²) in [6.45, 7) is 3.91. The number of aliphatic hydroxyl groups is 1. The van der Waals surface area contributed by atoms with Gasteiger partial charge < -0.3 is 15.6 Å². The van der Waals surface area contributed by atoms with E-state index in [4.69, 9.17) is 15.6 Å². The van der Waals surface area contributed by atoms with E-state index >= 15 is 0 Å². The molecular formula is C10H15NO2. The Bertz CT molecular complexity index is 284. The van der Waals surface area contributed by atoms with Gasteiger partial charge in [0.05, 0.1) is 6.10 Å². The lowest BCUT2D eigenvalue weighted by Crippen LogP contribution is -2.12. The maximum absolute atomic E-state index is 8.98. The van der Waals surface area contributed by atoms with Gasteiger partial charge in [0.2, 0.25) is 0 Å². The Morgan fingerprint density at radius 1 is 1.54 bits per heavy atom. The molecule has 0 amide bonds. The number of benzene rings is 1. The van der Waals surface area contributed by atoms with Crippen molar-refractivity contribution in [1.29, 1.82) is 0 Å². The zero-order chi connectivity index (χ0) is 9.84. The molecule has 1 rings (SSSR count). The molecule has 1 aromatic carbocycles. The summed E-state index contributed by atoms with van der Waals surface area (Å²) in [6, 6.07) is 5.50. The van der Waals surface area contributed by atoms with Crippen molar-refractivity contribution in [1.82, 2.24) is 0 Å². The Kier molecular flexibility index (Phi) is 3.14. The number of hydrogen-bond donors (Lipinski definition) is 2. The number of rotatable bonds is 3. The number of hydrogen-bond acceptors (Lipinski definition) is 3. The highest BCUT2D eigenvalue weighted by Crippen LogP contribution is 2.18. The molecule has 72 valence electrons. The molecule has 13 heavy (non-hydrogen) atoms. The predicted molar refractivity (Wildman–Crippen MR) is 52.8 cm³/mol. The fourth-order valence-corrected chi connectivity index (χ4v) is 0.925. The van der Waals surface area contributed by atoms with Crippen molar-refractivity contribution in [3.8, 4) is 5.75 Å². The van der Waals surface area contributed by atoms with Gasteiger partial charge in [-0.05, 0) is 25.5 Å². The third-order valence-corrected chi connectivity index (χ3v) is 1.74. The van der Waals surface area contributed by atoms with Crippen LogP contribution in [0, 0.1) is 6.92 Å². The zero-order valence-electron chi connectivity index (χ0n) is 7.95. The number of aryl methyl sites for hydroxylation is 1. The molecule has 1 unspecified atom stereocenters. The average Bonchev–Trinajstić information content (AvgIpc) is 2.07. The molecule has 0 aliphatic rings. The van der Waals surface area contributed by atoms with Crippen molar-refractivity contribution in [3.63, 3.8) is 0 Å². The Morgan fingerprint density at radius 3 is 2.77 bits per heavy atom. The van der Waals surface area contributed by atoms with Crippen LogP contribution < -0.4 is 10.5 Å². The lowest BCUT2D eigenvalue weighted by atomic mass is 10.2. The van der Waals surface area contributed by atoms with Crippen molar-refractivity contribution in [2.75, 3.05) is 12.3 Å². The first-order chi connectivity index (χ1) is 6.09. The van der Waals surface area contributed by atoms with Gasteiger partial charge in [-0.2, -0.15) is 0 Å². The van der Waals surface area contributed by atoms with Gasteiger partial charge in [0.15, 0.2) is 0 Å². The molecule has 0 aliphatic heterocycles. The summed E-state index contributed by atoms with van der Waals surface area (Å²) in [4.78, 5) is 0. The zero-order valence-corrected chi connectivity index (χ0v) is 7.95. The van der Waals surface area contributed by atoms with Gasteiger partial charge in [-0.15, -0.1) is 0 Å². The van der Waals surface area contributed by atoms with Crippen LogP contribution in [0.5, 0.6) is 5.75 Å². The highest BCUT2D eigenvalue weighted by Gasteiger charge is 1.99. The number of nitrogens with two attached hydrogens (primary N) is 1. The van der Waals surface area contributed by atoms with Gasteiger partial charge in [-0.25, -0.2) is 0 Å². The lowest BCUT2D eigenvalue weighted by molar-refractivity contribution is 0.123. The predicted octanol–water partition coefficient (Wildman–Crippen LogP) is 1.34. The van der Waals surface area contributed by atoms with E-state index in [1.165, 1.54) is 0 Å². The topological polar surface area (TPSA) is 55.5 Å². The second kappa shape index (κ2) is 4.14. The summed E-state index contributed by atoms with van der Waals surface area (Å²) in [6.07, 6.45) is -0.456. The molecule has 0 spiro atoms.